The summed E-state index contributed by atoms with van der Waals surface area (Å²) in [4.78, 5) is 10.9. The minimum Gasteiger partial charge on any atom is -0.480 e. The Balaban J connectivity index is 2.45. The number of sulfonamides is 1. The average molecular weight is 392 g/mol. The number of rotatable bonds is 6. The first kappa shape index (κ1) is 18.7. The van der Waals surface area contributed by atoms with Gasteiger partial charge in [0.15, 0.2) is 0 Å². The van der Waals surface area contributed by atoms with Gasteiger partial charge in [0.2, 0.25) is 10.0 Å². The van der Waals surface area contributed by atoms with Crippen LogP contribution in [-0.2, 0) is 21.4 Å². The molecule has 0 saturated heterocycles. The highest BCUT2D eigenvalue weighted by atomic mass is 35.5. The summed E-state index contributed by atoms with van der Waals surface area (Å²) in [5.41, 5.74) is -0.0991. The van der Waals surface area contributed by atoms with Crippen molar-refractivity contribution in [1.29, 1.82) is 0 Å². The maximum atomic E-state index is 13.9. The summed E-state index contributed by atoms with van der Waals surface area (Å²) < 4.78 is 39.9. The van der Waals surface area contributed by atoms with Crippen molar-refractivity contribution in [2.75, 3.05) is 6.54 Å². The van der Waals surface area contributed by atoms with Crippen LogP contribution in [0.5, 0.6) is 0 Å². The summed E-state index contributed by atoms with van der Waals surface area (Å²) in [6.45, 7) is -1.35. The Labute approximate surface area is 148 Å². The molecule has 0 spiro atoms. The van der Waals surface area contributed by atoms with Crippen molar-refractivity contribution in [2.45, 2.75) is 11.4 Å². The van der Waals surface area contributed by atoms with Crippen LogP contribution in [0.3, 0.4) is 0 Å². The molecule has 128 valence electrons. The lowest BCUT2D eigenvalue weighted by Gasteiger charge is -2.21. The third kappa shape index (κ3) is 4.24. The van der Waals surface area contributed by atoms with E-state index in [0.717, 1.165) is 6.07 Å². The molecule has 2 aromatic carbocycles. The SMILES string of the molecule is O=C(O)CN(Cc1c(F)cccc1Cl)S(=O)(=O)c1ccc(Cl)cc1. The van der Waals surface area contributed by atoms with Gasteiger partial charge in [-0.05, 0) is 36.4 Å². The molecule has 0 unspecified atom stereocenters. The second-order valence-corrected chi connectivity index (χ2v) is 7.60. The minimum atomic E-state index is -4.18. The fraction of sp³-hybridized carbons (Fsp3) is 0.133. The second kappa shape index (κ2) is 7.48. The van der Waals surface area contributed by atoms with Gasteiger partial charge in [-0.2, -0.15) is 4.31 Å². The van der Waals surface area contributed by atoms with Crippen LogP contribution in [0.4, 0.5) is 4.39 Å². The van der Waals surface area contributed by atoms with Crippen molar-refractivity contribution in [1.82, 2.24) is 4.31 Å². The Morgan fingerprint density at radius 1 is 1.12 bits per heavy atom. The van der Waals surface area contributed by atoms with Gasteiger partial charge >= 0.3 is 5.97 Å². The van der Waals surface area contributed by atoms with Crippen LogP contribution < -0.4 is 0 Å². The third-order valence-electron chi connectivity index (χ3n) is 3.16. The van der Waals surface area contributed by atoms with Gasteiger partial charge in [0.25, 0.3) is 0 Å². The van der Waals surface area contributed by atoms with E-state index >= 15 is 0 Å². The maximum Gasteiger partial charge on any atom is 0.318 e. The Kier molecular flexibility index (Phi) is 5.82. The highest BCUT2D eigenvalue weighted by Crippen LogP contribution is 2.25. The Morgan fingerprint density at radius 2 is 1.75 bits per heavy atom. The summed E-state index contributed by atoms with van der Waals surface area (Å²) in [6, 6.07) is 9.11. The quantitative estimate of drug-likeness (QED) is 0.818. The third-order valence-corrected chi connectivity index (χ3v) is 5.57. The Bertz CT molecular complexity index is 836. The zero-order valence-electron chi connectivity index (χ0n) is 12.1. The first-order valence-electron chi connectivity index (χ1n) is 6.62. The molecule has 0 atom stereocenters. The van der Waals surface area contributed by atoms with Gasteiger partial charge in [-0.25, -0.2) is 12.8 Å². The normalized spacial score (nSPS) is 11.7. The van der Waals surface area contributed by atoms with Gasteiger partial charge in [-0.3, -0.25) is 4.79 Å². The molecule has 24 heavy (non-hydrogen) atoms. The molecule has 2 rings (SSSR count). The molecular weight excluding hydrogens is 380 g/mol. The smallest absolute Gasteiger partial charge is 0.318 e. The molecule has 0 aliphatic carbocycles. The van der Waals surface area contributed by atoms with Crippen LogP contribution in [0, 0.1) is 5.82 Å². The Hall–Kier alpha value is -1.67. The van der Waals surface area contributed by atoms with Crippen LogP contribution in [0.25, 0.3) is 0 Å². The summed E-state index contributed by atoms with van der Waals surface area (Å²) in [5, 5.41) is 9.34. The molecule has 0 aliphatic rings. The molecule has 0 amide bonds. The number of aliphatic carboxylic acids is 1. The summed E-state index contributed by atoms with van der Waals surface area (Å²) in [7, 11) is -4.18. The van der Waals surface area contributed by atoms with Gasteiger partial charge in [-0.1, -0.05) is 29.3 Å². The van der Waals surface area contributed by atoms with E-state index in [1.807, 2.05) is 0 Å². The van der Waals surface area contributed by atoms with E-state index < -0.39 is 34.9 Å². The lowest BCUT2D eigenvalue weighted by Crippen LogP contribution is -2.35. The van der Waals surface area contributed by atoms with E-state index in [4.69, 9.17) is 28.3 Å². The van der Waals surface area contributed by atoms with Crippen LogP contribution in [0.1, 0.15) is 5.56 Å². The second-order valence-electron chi connectivity index (χ2n) is 4.82. The van der Waals surface area contributed by atoms with E-state index in [0.29, 0.717) is 9.33 Å². The van der Waals surface area contributed by atoms with E-state index in [9.17, 15) is 17.6 Å². The molecule has 0 bridgehead atoms. The predicted octanol–water partition coefficient (Wildman–Crippen LogP) is 3.41. The number of carbonyl (C=O) groups is 1. The zero-order valence-corrected chi connectivity index (χ0v) is 14.4. The molecule has 0 aliphatic heterocycles. The number of carboxylic acids is 1. The fourth-order valence-corrected chi connectivity index (χ4v) is 3.70. The predicted molar refractivity (Wildman–Crippen MR) is 88.1 cm³/mol. The highest BCUT2D eigenvalue weighted by Gasteiger charge is 2.28. The number of nitrogens with zero attached hydrogens (tertiary/aromatic N) is 1. The van der Waals surface area contributed by atoms with Crippen molar-refractivity contribution < 1.29 is 22.7 Å². The molecule has 0 heterocycles. The van der Waals surface area contributed by atoms with Crippen LogP contribution in [0.15, 0.2) is 47.4 Å². The maximum absolute atomic E-state index is 13.9. The molecule has 0 fully saturated rings. The largest absolute Gasteiger partial charge is 0.480 e. The molecule has 9 heteroatoms. The van der Waals surface area contributed by atoms with Crippen LogP contribution in [-0.4, -0.2) is 30.3 Å². The Morgan fingerprint density at radius 3 is 2.29 bits per heavy atom. The van der Waals surface area contributed by atoms with Crippen molar-refractivity contribution >= 4 is 39.2 Å². The lowest BCUT2D eigenvalue weighted by atomic mass is 10.2. The number of halogens is 3. The lowest BCUT2D eigenvalue weighted by molar-refractivity contribution is -0.137. The first-order chi connectivity index (χ1) is 11.2. The van der Waals surface area contributed by atoms with E-state index in [-0.39, 0.29) is 15.5 Å². The molecular formula is C15H12Cl2FNO4S. The molecule has 0 aromatic heterocycles. The zero-order chi connectivity index (χ0) is 17.9. The van der Waals surface area contributed by atoms with E-state index in [1.165, 1.54) is 36.4 Å². The van der Waals surface area contributed by atoms with Gasteiger partial charge in [0.05, 0.1) is 4.90 Å². The van der Waals surface area contributed by atoms with E-state index in [1.54, 1.807) is 0 Å². The topological polar surface area (TPSA) is 74.7 Å². The monoisotopic (exact) mass is 391 g/mol. The standard InChI is InChI=1S/C15H12Cl2FNO4S/c16-10-4-6-11(7-5-10)24(22,23)19(9-15(20)21)8-12-13(17)2-1-3-14(12)18/h1-7H,8-9H2,(H,20,21). The molecule has 0 radical (unpaired) electrons. The van der Waals surface area contributed by atoms with Crippen LogP contribution >= 0.6 is 23.2 Å². The molecule has 5 nitrogen and oxygen atoms in total. The average Bonchev–Trinajstić information content (AvgIpc) is 2.50. The van der Waals surface area contributed by atoms with Gasteiger partial charge in [0.1, 0.15) is 12.4 Å². The van der Waals surface area contributed by atoms with Gasteiger partial charge in [-0.15, -0.1) is 0 Å². The van der Waals surface area contributed by atoms with Crippen LogP contribution in [0.2, 0.25) is 10.0 Å². The number of carboxylic acid groups (broad SMARTS) is 1. The van der Waals surface area contributed by atoms with Crippen molar-refractivity contribution in [3.05, 3.63) is 63.9 Å². The highest BCUT2D eigenvalue weighted by molar-refractivity contribution is 7.89. The fourth-order valence-electron chi connectivity index (χ4n) is 1.99. The number of hydrogen-bond donors (Lipinski definition) is 1. The molecule has 1 N–H and O–H groups in total. The first-order valence-corrected chi connectivity index (χ1v) is 8.82. The number of benzene rings is 2. The summed E-state index contributed by atoms with van der Waals surface area (Å²) in [6.07, 6.45) is 0. The minimum absolute atomic E-state index is 0.0108. The van der Waals surface area contributed by atoms with Gasteiger partial charge < -0.3 is 5.11 Å². The molecule has 2 aromatic rings. The van der Waals surface area contributed by atoms with Crippen molar-refractivity contribution in [2.24, 2.45) is 0 Å². The van der Waals surface area contributed by atoms with Crippen molar-refractivity contribution in [3.63, 3.8) is 0 Å². The molecule has 0 saturated carbocycles. The summed E-state index contributed by atoms with van der Waals surface area (Å²) in [5.74, 6) is -2.09. The number of hydrogen-bond acceptors (Lipinski definition) is 3. The van der Waals surface area contributed by atoms with Crippen molar-refractivity contribution in [3.8, 4) is 0 Å². The van der Waals surface area contributed by atoms with E-state index in [2.05, 4.69) is 0 Å². The van der Waals surface area contributed by atoms with Gasteiger partial charge in [0, 0.05) is 22.2 Å². The summed E-state index contributed by atoms with van der Waals surface area (Å²) >= 11 is 11.6.